The first-order valence-corrected chi connectivity index (χ1v) is 8.14. The summed E-state index contributed by atoms with van der Waals surface area (Å²) in [5.41, 5.74) is 5.29. The minimum absolute atomic E-state index is 0.128. The third-order valence-electron chi connectivity index (χ3n) is 3.37. The monoisotopic (exact) mass is 389 g/mol. The smallest absolute Gasteiger partial charge is 0.276 e. The van der Waals surface area contributed by atoms with Crippen LogP contribution in [-0.2, 0) is 9.59 Å². The van der Waals surface area contributed by atoms with Gasteiger partial charge in [-0.15, -0.1) is 0 Å². The van der Waals surface area contributed by atoms with Crippen molar-refractivity contribution in [3.05, 3.63) is 74.8 Å². The van der Waals surface area contributed by atoms with Crippen LogP contribution in [-0.4, -0.2) is 23.3 Å². The van der Waals surface area contributed by atoms with E-state index in [9.17, 15) is 19.7 Å². The van der Waals surface area contributed by atoms with Crippen LogP contribution in [0.25, 0.3) is 6.08 Å². The average molecular weight is 390 g/mol. The van der Waals surface area contributed by atoms with Gasteiger partial charge in [0, 0.05) is 17.2 Å². The van der Waals surface area contributed by atoms with Crippen LogP contribution in [0.5, 0.6) is 5.75 Å². The lowest BCUT2D eigenvalue weighted by molar-refractivity contribution is -0.385. The second-order valence-corrected chi connectivity index (χ2v) is 5.79. The summed E-state index contributed by atoms with van der Waals surface area (Å²) in [6.07, 6.45) is 2.36. The van der Waals surface area contributed by atoms with E-state index in [1.165, 1.54) is 24.3 Å². The molecule has 2 rings (SSSR count). The van der Waals surface area contributed by atoms with Gasteiger partial charge in [0.15, 0.2) is 6.61 Å². The molecule has 0 saturated carbocycles. The normalized spacial score (nSPS) is 10.4. The molecule has 0 unspecified atom stereocenters. The highest BCUT2D eigenvalue weighted by atomic mass is 35.5. The molecule has 0 aromatic heterocycles. The van der Waals surface area contributed by atoms with Crippen LogP contribution in [0, 0.1) is 17.0 Å². The van der Waals surface area contributed by atoms with Crippen molar-refractivity contribution >= 4 is 35.2 Å². The lowest BCUT2D eigenvalue weighted by Crippen LogP contribution is -2.43. The number of halogens is 1. The molecule has 0 fully saturated rings. The molecule has 0 saturated heterocycles. The number of nitro benzene ring substituents is 1. The number of aryl methyl sites for hydroxylation is 1. The summed E-state index contributed by atoms with van der Waals surface area (Å²) in [7, 11) is 0. The van der Waals surface area contributed by atoms with Crippen LogP contribution in [0.4, 0.5) is 5.69 Å². The van der Waals surface area contributed by atoms with Crippen molar-refractivity contribution in [1.82, 2.24) is 10.9 Å². The van der Waals surface area contributed by atoms with Crippen LogP contribution in [0.15, 0.2) is 48.5 Å². The zero-order valence-electron chi connectivity index (χ0n) is 14.3. The van der Waals surface area contributed by atoms with E-state index in [-0.39, 0.29) is 17.9 Å². The predicted molar refractivity (Wildman–Crippen MR) is 100 cm³/mol. The molecule has 9 heteroatoms. The number of nitrogens with one attached hydrogen (secondary N) is 2. The number of carbonyl (C=O) groups excluding carboxylic acids is 2. The van der Waals surface area contributed by atoms with E-state index in [1.807, 2.05) is 0 Å². The number of nitrogens with zero attached hydrogens (tertiary/aromatic N) is 1. The summed E-state index contributed by atoms with van der Waals surface area (Å²) in [6, 6.07) is 10.9. The maximum absolute atomic E-state index is 11.7. The van der Waals surface area contributed by atoms with Crippen LogP contribution < -0.4 is 15.6 Å². The highest BCUT2D eigenvalue weighted by Crippen LogP contribution is 2.21. The van der Waals surface area contributed by atoms with Crippen molar-refractivity contribution < 1.29 is 19.2 Å². The molecule has 0 aliphatic rings. The molecule has 0 atom stereocenters. The van der Waals surface area contributed by atoms with Gasteiger partial charge in [-0.1, -0.05) is 23.7 Å². The van der Waals surface area contributed by atoms with E-state index in [2.05, 4.69) is 10.9 Å². The lowest BCUT2D eigenvalue weighted by Gasteiger charge is -2.08. The SMILES string of the molecule is Cc1cc(OCC(=O)NNC(=O)/C=C/c2ccccc2[N+](=O)[O-])ccc1Cl. The van der Waals surface area contributed by atoms with E-state index in [0.717, 1.165) is 11.6 Å². The van der Waals surface area contributed by atoms with E-state index >= 15 is 0 Å². The number of hydrogen-bond donors (Lipinski definition) is 2. The van der Waals surface area contributed by atoms with E-state index in [4.69, 9.17) is 16.3 Å². The Hall–Kier alpha value is -3.39. The van der Waals surface area contributed by atoms with Gasteiger partial charge >= 0.3 is 0 Å². The first-order chi connectivity index (χ1) is 12.9. The molecule has 0 radical (unpaired) electrons. The molecule has 0 heterocycles. The Morgan fingerprint density at radius 3 is 2.67 bits per heavy atom. The fraction of sp³-hybridized carbons (Fsp3) is 0.111. The topological polar surface area (TPSA) is 111 Å². The summed E-state index contributed by atoms with van der Waals surface area (Å²) in [5.74, 6) is -0.756. The second kappa shape index (κ2) is 9.35. The number of rotatable bonds is 6. The summed E-state index contributed by atoms with van der Waals surface area (Å²) >= 11 is 5.90. The minimum atomic E-state index is -0.649. The van der Waals surface area contributed by atoms with Gasteiger partial charge in [0.25, 0.3) is 17.5 Å². The maximum Gasteiger partial charge on any atom is 0.276 e. The molecular weight excluding hydrogens is 374 g/mol. The summed E-state index contributed by atoms with van der Waals surface area (Å²) in [5, 5.41) is 11.5. The van der Waals surface area contributed by atoms with Gasteiger partial charge in [0.05, 0.1) is 10.5 Å². The van der Waals surface area contributed by atoms with Gasteiger partial charge in [-0.3, -0.25) is 30.6 Å². The Morgan fingerprint density at radius 2 is 1.96 bits per heavy atom. The zero-order chi connectivity index (χ0) is 19.8. The largest absolute Gasteiger partial charge is 0.484 e. The van der Waals surface area contributed by atoms with Crippen molar-refractivity contribution in [3.8, 4) is 5.75 Å². The summed E-state index contributed by atoms with van der Waals surface area (Å²) in [6.45, 7) is 1.49. The minimum Gasteiger partial charge on any atom is -0.484 e. The van der Waals surface area contributed by atoms with E-state index < -0.39 is 16.7 Å². The van der Waals surface area contributed by atoms with Gasteiger partial charge in [-0.25, -0.2) is 0 Å². The Labute approximate surface area is 159 Å². The standard InChI is InChI=1S/C18H16ClN3O5/c1-12-10-14(7-8-15(12)19)27-11-18(24)21-20-17(23)9-6-13-4-2-3-5-16(13)22(25)26/h2-10H,11H2,1H3,(H,20,23)(H,21,24)/b9-6+. The Bertz CT molecular complexity index is 898. The van der Waals surface area contributed by atoms with Crippen molar-refractivity contribution in [2.75, 3.05) is 6.61 Å². The fourth-order valence-corrected chi connectivity index (χ4v) is 2.14. The van der Waals surface area contributed by atoms with Gasteiger partial charge < -0.3 is 4.74 Å². The summed E-state index contributed by atoms with van der Waals surface area (Å²) < 4.78 is 5.29. The lowest BCUT2D eigenvalue weighted by atomic mass is 10.1. The van der Waals surface area contributed by atoms with E-state index in [0.29, 0.717) is 10.8 Å². The third-order valence-corrected chi connectivity index (χ3v) is 3.80. The maximum atomic E-state index is 11.7. The average Bonchev–Trinajstić information content (AvgIpc) is 2.65. The summed E-state index contributed by atoms with van der Waals surface area (Å²) in [4.78, 5) is 33.8. The number of hydrogen-bond acceptors (Lipinski definition) is 5. The molecular formula is C18H16ClN3O5. The number of carbonyl (C=O) groups is 2. The quantitative estimate of drug-likeness (QED) is 0.448. The molecule has 2 N–H and O–H groups in total. The van der Waals surface area contributed by atoms with Crippen molar-refractivity contribution in [2.24, 2.45) is 0 Å². The Kier molecular flexibility index (Phi) is 6.90. The van der Waals surface area contributed by atoms with Gasteiger partial charge in [-0.05, 0) is 42.8 Å². The molecule has 27 heavy (non-hydrogen) atoms. The van der Waals surface area contributed by atoms with Gasteiger partial charge in [0.1, 0.15) is 5.75 Å². The van der Waals surface area contributed by atoms with Crippen LogP contribution >= 0.6 is 11.6 Å². The molecule has 0 bridgehead atoms. The first-order valence-electron chi connectivity index (χ1n) is 7.76. The molecule has 2 aromatic carbocycles. The number of ether oxygens (including phenoxy) is 1. The number of para-hydroxylation sites is 1. The Balaban J connectivity index is 1.82. The highest BCUT2D eigenvalue weighted by Gasteiger charge is 2.10. The van der Waals surface area contributed by atoms with Gasteiger partial charge in [-0.2, -0.15) is 0 Å². The van der Waals surface area contributed by atoms with Gasteiger partial charge in [0.2, 0.25) is 0 Å². The van der Waals surface area contributed by atoms with Crippen molar-refractivity contribution in [1.29, 1.82) is 0 Å². The molecule has 0 aliphatic heterocycles. The van der Waals surface area contributed by atoms with Crippen LogP contribution in [0.3, 0.4) is 0 Å². The van der Waals surface area contributed by atoms with E-state index in [1.54, 1.807) is 31.2 Å². The predicted octanol–water partition coefficient (Wildman–Crippen LogP) is 2.80. The third kappa shape index (κ3) is 6.12. The Morgan fingerprint density at radius 1 is 1.22 bits per heavy atom. The molecule has 2 aromatic rings. The first kappa shape index (κ1) is 19.9. The van der Waals surface area contributed by atoms with Crippen molar-refractivity contribution in [3.63, 3.8) is 0 Å². The molecule has 140 valence electrons. The molecule has 0 aliphatic carbocycles. The number of hydrazine groups is 1. The van der Waals surface area contributed by atoms with Crippen LogP contribution in [0.2, 0.25) is 5.02 Å². The highest BCUT2D eigenvalue weighted by molar-refractivity contribution is 6.31. The second-order valence-electron chi connectivity index (χ2n) is 5.39. The fourth-order valence-electron chi connectivity index (χ4n) is 2.03. The van der Waals surface area contributed by atoms with Crippen molar-refractivity contribution in [2.45, 2.75) is 6.92 Å². The number of amides is 2. The van der Waals surface area contributed by atoms with Crippen LogP contribution in [0.1, 0.15) is 11.1 Å². The molecule has 2 amide bonds. The number of benzene rings is 2. The zero-order valence-corrected chi connectivity index (χ0v) is 15.0. The molecule has 8 nitrogen and oxygen atoms in total. The number of nitro groups is 1. The molecule has 0 spiro atoms.